The maximum atomic E-state index is 12.4. The summed E-state index contributed by atoms with van der Waals surface area (Å²) < 4.78 is 12.0. The highest BCUT2D eigenvalue weighted by Gasteiger charge is 2.14. The Bertz CT molecular complexity index is 825. The molecular weight excluding hydrogens is 426 g/mol. The molecule has 0 saturated carbocycles. The molecule has 0 fully saturated rings. The number of halogens is 1. The average molecular weight is 450 g/mol. The van der Waals surface area contributed by atoms with Crippen LogP contribution in [0.4, 0.5) is 16.2 Å². The fourth-order valence-corrected chi connectivity index (χ4v) is 2.92. The molecule has 0 bridgehead atoms. The number of benzene rings is 2. The van der Waals surface area contributed by atoms with Crippen molar-refractivity contribution in [3.63, 3.8) is 0 Å². The normalized spacial score (nSPS) is 10.1. The Balaban J connectivity index is 2.06. The lowest BCUT2D eigenvalue weighted by molar-refractivity contribution is -0.115. The molecule has 3 amide bonds. The summed E-state index contributed by atoms with van der Waals surface area (Å²) in [7, 11) is 1.54. The van der Waals surface area contributed by atoms with Crippen molar-refractivity contribution in [2.24, 2.45) is 0 Å². The third-order valence-electron chi connectivity index (χ3n) is 3.72. The molecule has 0 heterocycles. The van der Waals surface area contributed by atoms with Gasteiger partial charge in [0.25, 0.3) is 0 Å². The first kappa shape index (κ1) is 21.6. The Kier molecular flexibility index (Phi) is 8.13. The van der Waals surface area contributed by atoms with Gasteiger partial charge in [0.15, 0.2) is 11.5 Å². The molecule has 0 aliphatic carbocycles. The monoisotopic (exact) mass is 449 g/mol. The largest absolute Gasteiger partial charge is 0.490 e. The summed E-state index contributed by atoms with van der Waals surface area (Å²) in [5.41, 5.74) is 2.06. The number of amides is 3. The summed E-state index contributed by atoms with van der Waals surface area (Å²) in [6, 6.07) is 10.2. The van der Waals surface area contributed by atoms with Gasteiger partial charge in [0.1, 0.15) is 0 Å². The first-order chi connectivity index (χ1) is 13.5. The van der Waals surface area contributed by atoms with Gasteiger partial charge >= 0.3 is 6.03 Å². The van der Waals surface area contributed by atoms with Gasteiger partial charge in [-0.15, -0.1) is 0 Å². The molecule has 3 N–H and O–H groups in total. The molecule has 0 aliphatic rings. The van der Waals surface area contributed by atoms with Gasteiger partial charge in [-0.1, -0.05) is 15.9 Å². The van der Waals surface area contributed by atoms with Gasteiger partial charge in [-0.25, -0.2) is 4.79 Å². The molecule has 150 valence electrons. The van der Waals surface area contributed by atoms with Crippen LogP contribution in [0, 0.1) is 0 Å². The van der Waals surface area contributed by atoms with E-state index in [1.165, 1.54) is 0 Å². The molecule has 28 heavy (non-hydrogen) atoms. The summed E-state index contributed by atoms with van der Waals surface area (Å²) >= 11 is 3.49. The zero-order valence-electron chi connectivity index (χ0n) is 16.1. The first-order valence-corrected chi connectivity index (χ1v) is 9.72. The van der Waals surface area contributed by atoms with Gasteiger partial charge in [-0.2, -0.15) is 0 Å². The van der Waals surface area contributed by atoms with E-state index in [-0.39, 0.29) is 18.4 Å². The Hall–Kier alpha value is -2.74. The van der Waals surface area contributed by atoms with Crippen molar-refractivity contribution >= 4 is 39.2 Å². The van der Waals surface area contributed by atoms with Crippen molar-refractivity contribution in [3.8, 4) is 11.5 Å². The molecular formula is C20H24BrN3O4. The molecule has 7 nitrogen and oxygen atoms in total. The van der Waals surface area contributed by atoms with E-state index in [4.69, 9.17) is 9.47 Å². The van der Waals surface area contributed by atoms with Crippen molar-refractivity contribution in [2.75, 3.05) is 30.9 Å². The summed E-state index contributed by atoms with van der Waals surface area (Å²) in [5.74, 6) is 1.08. The molecule has 2 rings (SSSR count). The zero-order chi connectivity index (χ0) is 20.5. The van der Waals surface area contributed by atoms with Crippen LogP contribution in [0.15, 0.2) is 40.9 Å². The topological polar surface area (TPSA) is 88.7 Å². The van der Waals surface area contributed by atoms with Crippen LogP contribution in [-0.4, -0.2) is 32.2 Å². The van der Waals surface area contributed by atoms with Gasteiger partial charge in [0, 0.05) is 22.9 Å². The number of ether oxygens (including phenoxy) is 2. The van der Waals surface area contributed by atoms with Crippen LogP contribution in [0.3, 0.4) is 0 Å². The molecule has 0 radical (unpaired) electrons. The Morgan fingerprint density at radius 1 is 0.929 bits per heavy atom. The number of hydrogen-bond donors (Lipinski definition) is 3. The van der Waals surface area contributed by atoms with Crippen molar-refractivity contribution in [3.05, 3.63) is 46.4 Å². The van der Waals surface area contributed by atoms with Gasteiger partial charge in [0.05, 0.1) is 19.6 Å². The van der Waals surface area contributed by atoms with Gasteiger partial charge in [-0.3, -0.25) is 4.79 Å². The second-order valence-corrected chi connectivity index (χ2v) is 6.62. The standard InChI is InChI=1S/C20H24BrN3O4/c1-4-27-17-10-13(16(21)12-18(17)28-5-2)11-19(25)23-14-6-8-15(9-7-14)24-20(26)22-3/h6-10,12H,4-5,11H2,1-3H3,(H,23,25)(H2,22,24,26). The van der Waals surface area contributed by atoms with Crippen LogP contribution < -0.4 is 25.4 Å². The molecule has 2 aromatic rings. The van der Waals surface area contributed by atoms with E-state index >= 15 is 0 Å². The molecule has 0 atom stereocenters. The van der Waals surface area contributed by atoms with E-state index in [1.54, 1.807) is 31.3 Å². The van der Waals surface area contributed by atoms with Crippen molar-refractivity contribution < 1.29 is 19.1 Å². The van der Waals surface area contributed by atoms with Gasteiger partial charge in [0.2, 0.25) is 5.91 Å². The predicted octanol–water partition coefficient (Wildman–Crippen LogP) is 4.18. The Labute approximate surface area is 172 Å². The van der Waals surface area contributed by atoms with Crippen LogP contribution in [0.25, 0.3) is 0 Å². The van der Waals surface area contributed by atoms with E-state index in [9.17, 15) is 9.59 Å². The smallest absolute Gasteiger partial charge is 0.318 e. The van der Waals surface area contributed by atoms with Gasteiger partial charge in [-0.05, 0) is 55.8 Å². The van der Waals surface area contributed by atoms with E-state index < -0.39 is 0 Å². The van der Waals surface area contributed by atoms with Gasteiger partial charge < -0.3 is 25.4 Å². The number of hydrogen-bond acceptors (Lipinski definition) is 4. The lowest BCUT2D eigenvalue weighted by atomic mass is 10.1. The number of urea groups is 1. The Morgan fingerprint density at radius 3 is 2.00 bits per heavy atom. The molecule has 8 heteroatoms. The summed E-state index contributed by atoms with van der Waals surface area (Å²) in [5, 5.41) is 7.98. The zero-order valence-corrected chi connectivity index (χ0v) is 17.7. The predicted molar refractivity (Wildman–Crippen MR) is 113 cm³/mol. The fraction of sp³-hybridized carbons (Fsp3) is 0.300. The minimum atomic E-state index is -0.303. The number of carbonyl (C=O) groups excluding carboxylic acids is 2. The van der Waals surface area contributed by atoms with Crippen LogP contribution in [0.5, 0.6) is 11.5 Å². The van der Waals surface area contributed by atoms with Crippen molar-refractivity contribution in [1.29, 1.82) is 0 Å². The highest BCUT2D eigenvalue weighted by atomic mass is 79.9. The lowest BCUT2D eigenvalue weighted by Gasteiger charge is -2.14. The SMILES string of the molecule is CCOc1cc(Br)c(CC(=O)Nc2ccc(NC(=O)NC)cc2)cc1OCC. The van der Waals surface area contributed by atoms with E-state index in [2.05, 4.69) is 31.9 Å². The van der Waals surface area contributed by atoms with Crippen molar-refractivity contribution in [1.82, 2.24) is 5.32 Å². The molecule has 2 aromatic carbocycles. The highest BCUT2D eigenvalue weighted by Crippen LogP contribution is 2.34. The molecule has 0 aromatic heterocycles. The average Bonchev–Trinajstić information content (AvgIpc) is 2.67. The van der Waals surface area contributed by atoms with Crippen LogP contribution in [-0.2, 0) is 11.2 Å². The quantitative estimate of drug-likeness (QED) is 0.563. The minimum absolute atomic E-state index is 0.167. The molecule has 0 saturated heterocycles. The summed E-state index contributed by atoms with van der Waals surface area (Å²) in [6.45, 7) is 4.83. The Morgan fingerprint density at radius 2 is 1.46 bits per heavy atom. The minimum Gasteiger partial charge on any atom is -0.490 e. The van der Waals surface area contributed by atoms with Crippen LogP contribution in [0.1, 0.15) is 19.4 Å². The highest BCUT2D eigenvalue weighted by molar-refractivity contribution is 9.10. The fourth-order valence-electron chi connectivity index (χ4n) is 2.46. The van der Waals surface area contributed by atoms with E-state index in [1.807, 2.05) is 26.0 Å². The van der Waals surface area contributed by atoms with Crippen molar-refractivity contribution in [2.45, 2.75) is 20.3 Å². The van der Waals surface area contributed by atoms with E-state index in [0.29, 0.717) is 36.1 Å². The molecule has 0 aliphatic heterocycles. The lowest BCUT2D eigenvalue weighted by Crippen LogP contribution is -2.24. The third-order valence-corrected chi connectivity index (χ3v) is 4.46. The summed E-state index contributed by atoms with van der Waals surface area (Å²) in [6.07, 6.45) is 0.172. The number of anilines is 2. The second-order valence-electron chi connectivity index (χ2n) is 5.76. The third kappa shape index (κ3) is 6.16. The number of nitrogens with one attached hydrogen (secondary N) is 3. The number of carbonyl (C=O) groups is 2. The maximum absolute atomic E-state index is 12.4. The molecule has 0 unspecified atom stereocenters. The second kappa shape index (κ2) is 10.6. The number of rotatable bonds is 8. The summed E-state index contributed by atoms with van der Waals surface area (Å²) in [4.78, 5) is 23.7. The van der Waals surface area contributed by atoms with Crippen LogP contribution >= 0.6 is 15.9 Å². The first-order valence-electron chi connectivity index (χ1n) is 8.93. The van der Waals surface area contributed by atoms with E-state index in [0.717, 1.165) is 10.0 Å². The maximum Gasteiger partial charge on any atom is 0.318 e. The van der Waals surface area contributed by atoms with Crippen LogP contribution in [0.2, 0.25) is 0 Å². The molecule has 0 spiro atoms.